The van der Waals surface area contributed by atoms with Crippen molar-refractivity contribution in [3.63, 3.8) is 0 Å². The Morgan fingerprint density at radius 2 is 1.91 bits per heavy atom. The smallest absolute Gasteiger partial charge is 0.337 e. The largest absolute Gasteiger partial charge is 0.478 e. The van der Waals surface area contributed by atoms with Gasteiger partial charge in [0.1, 0.15) is 5.82 Å². The van der Waals surface area contributed by atoms with Crippen LogP contribution in [0.1, 0.15) is 63.1 Å². The number of methoxy groups -OCH3 is 1. The molecule has 0 fully saturated rings. The van der Waals surface area contributed by atoms with Gasteiger partial charge in [-0.3, -0.25) is 0 Å². The summed E-state index contributed by atoms with van der Waals surface area (Å²) >= 11 is 6.54. The quantitative estimate of drug-likeness (QED) is 0.389. The second kappa shape index (κ2) is 11.0. The molecule has 2 N–H and O–H groups in total. The van der Waals surface area contributed by atoms with Crippen LogP contribution in [0.4, 0.5) is 5.69 Å². The minimum atomic E-state index is -0.991. The molecule has 0 radical (unpaired) electrons. The van der Waals surface area contributed by atoms with Crippen molar-refractivity contribution in [2.24, 2.45) is 0 Å². The minimum Gasteiger partial charge on any atom is -0.478 e. The lowest BCUT2D eigenvalue weighted by atomic mass is 10.1. The Morgan fingerprint density at radius 1 is 1.18 bits per heavy atom. The van der Waals surface area contributed by atoms with Gasteiger partial charge in [0.25, 0.3) is 0 Å². The van der Waals surface area contributed by atoms with Gasteiger partial charge in [-0.15, -0.1) is 0 Å². The first kappa shape index (κ1) is 24.3. The Kier molecular flexibility index (Phi) is 8.11. The van der Waals surface area contributed by atoms with E-state index in [2.05, 4.69) is 21.8 Å². The first-order valence-corrected chi connectivity index (χ1v) is 11.2. The predicted molar refractivity (Wildman–Crippen MR) is 128 cm³/mol. The van der Waals surface area contributed by atoms with E-state index < -0.39 is 5.97 Å². The summed E-state index contributed by atoms with van der Waals surface area (Å²) in [6, 6.07) is 12.4. The molecule has 0 aliphatic carbocycles. The van der Waals surface area contributed by atoms with Gasteiger partial charge in [-0.25, -0.2) is 14.6 Å². The molecule has 0 saturated carbocycles. The number of carbonyl (C=O) groups is 2. The molecular formula is C25H28ClN3O4. The third-order valence-electron chi connectivity index (χ3n) is 5.51. The second-order valence-electron chi connectivity index (χ2n) is 7.80. The summed E-state index contributed by atoms with van der Waals surface area (Å²) in [7, 11) is 1.35. The molecule has 0 spiro atoms. The number of imidazole rings is 1. The lowest BCUT2D eigenvalue weighted by Crippen LogP contribution is -2.14. The van der Waals surface area contributed by atoms with Crippen molar-refractivity contribution in [3.8, 4) is 0 Å². The first-order chi connectivity index (χ1) is 15.8. The number of aromatic nitrogens is 2. The summed E-state index contributed by atoms with van der Waals surface area (Å²) in [5.74, 6) is -0.498. The molecule has 8 heteroatoms. The lowest BCUT2D eigenvalue weighted by molar-refractivity contribution is 0.0599. The summed E-state index contributed by atoms with van der Waals surface area (Å²) in [5.41, 5.74) is 3.85. The van der Waals surface area contributed by atoms with Gasteiger partial charge in [-0.2, -0.15) is 0 Å². The number of nitrogens with zero attached hydrogens (tertiary/aromatic N) is 2. The van der Waals surface area contributed by atoms with Crippen LogP contribution in [0.15, 0.2) is 42.5 Å². The molecule has 0 saturated heterocycles. The molecule has 0 amide bonds. The molecule has 0 atom stereocenters. The van der Waals surface area contributed by atoms with Crippen LogP contribution in [-0.4, -0.2) is 33.7 Å². The van der Waals surface area contributed by atoms with Crippen molar-refractivity contribution in [1.29, 1.82) is 0 Å². The van der Waals surface area contributed by atoms with E-state index in [0.717, 1.165) is 41.9 Å². The summed E-state index contributed by atoms with van der Waals surface area (Å²) in [5, 5.41) is 13.2. The fraction of sp³-hybridized carbons (Fsp3) is 0.320. The maximum absolute atomic E-state index is 11.7. The molecule has 0 bridgehead atoms. The highest BCUT2D eigenvalue weighted by Gasteiger charge is 2.18. The van der Waals surface area contributed by atoms with Crippen LogP contribution in [0.25, 0.3) is 0 Å². The topological polar surface area (TPSA) is 93.5 Å². The van der Waals surface area contributed by atoms with E-state index in [1.807, 2.05) is 25.1 Å². The summed E-state index contributed by atoms with van der Waals surface area (Å²) < 4.78 is 6.84. The van der Waals surface area contributed by atoms with Crippen molar-refractivity contribution >= 4 is 29.2 Å². The standard InChI is InChI=1S/C25H28ClN3O4/c1-4-5-9-21-28-23(26)20(14-27-22-16(2)7-6-8-19(22)24(30)31)29(21)15-17-10-12-18(13-11-17)25(32)33-3/h6-8,10-13,27H,4-5,9,14-15H2,1-3H3,(H,30,31). The summed E-state index contributed by atoms with van der Waals surface area (Å²) in [4.78, 5) is 28.0. The number of carbonyl (C=O) groups excluding carboxylic acids is 1. The molecule has 1 heterocycles. The SMILES string of the molecule is CCCCc1nc(Cl)c(CNc2c(C)cccc2C(=O)O)n1Cc1ccc(C(=O)OC)cc1. The zero-order valence-corrected chi connectivity index (χ0v) is 19.8. The number of carboxylic acid groups (broad SMARTS) is 1. The van der Waals surface area contributed by atoms with E-state index in [1.165, 1.54) is 7.11 Å². The van der Waals surface area contributed by atoms with Crippen LogP contribution in [0.2, 0.25) is 5.15 Å². The molecule has 0 aliphatic rings. The van der Waals surface area contributed by atoms with E-state index in [1.54, 1.807) is 24.3 Å². The predicted octanol–water partition coefficient (Wildman–Crippen LogP) is 5.33. The number of nitrogens with one attached hydrogen (secondary N) is 1. The van der Waals surface area contributed by atoms with E-state index >= 15 is 0 Å². The number of carboxylic acids is 1. The second-order valence-corrected chi connectivity index (χ2v) is 8.16. The molecule has 33 heavy (non-hydrogen) atoms. The number of aromatic carboxylic acids is 1. The number of anilines is 1. The number of benzene rings is 2. The number of hydrogen-bond donors (Lipinski definition) is 2. The molecule has 0 unspecified atom stereocenters. The first-order valence-electron chi connectivity index (χ1n) is 10.8. The number of aryl methyl sites for hydroxylation is 2. The van der Waals surface area contributed by atoms with Crippen molar-refractivity contribution in [1.82, 2.24) is 9.55 Å². The Labute approximate surface area is 198 Å². The highest BCUT2D eigenvalue weighted by atomic mass is 35.5. The normalized spacial score (nSPS) is 10.8. The van der Waals surface area contributed by atoms with Crippen LogP contribution in [0, 0.1) is 6.92 Å². The number of hydrogen-bond acceptors (Lipinski definition) is 5. The van der Waals surface area contributed by atoms with Crippen LogP contribution in [0.3, 0.4) is 0 Å². The Bertz CT molecular complexity index is 1140. The van der Waals surface area contributed by atoms with Crippen molar-refractivity contribution in [2.45, 2.75) is 46.2 Å². The van der Waals surface area contributed by atoms with Gasteiger partial charge in [-0.05, 0) is 42.7 Å². The zero-order valence-electron chi connectivity index (χ0n) is 19.0. The van der Waals surface area contributed by atoms with Crippen molar-refractivity contribution < 1.29 is 19.4 Å². The van der Waals surface area contributed by atoms with Gasteiger partial charge >= 0.3 is 11.9 Å². The third-order valence-corrected chi connectivity index (χ3v) is 5.81. The average Bonchev–Trinajstić information content (AvgIpc) is 3.10. The lowest BCUT2D eigenvalue weighted by Gasteiger charge is -2.16. The van der Waals surface area contributed by atoms with E-state index in [0.29, 0.717) is 29.5 Å². The van der Waals surface area contributed by atoms with E-state index in [4.69, 9.17) is 16.3 Å². The Hall–Kier alpha value is -3.32. The fourth-order valence-corrected chi connectivity index (χ4v) is 3.95. The highest BCUT2D eigenvalue weighted by molar-refractivity contribution is 6.30. The Balaban J connectivity index is 1.92. The molecular weight excluding hydrogens is 442 g/mol. The number of para-hydroxylation sites is 1. The maximum atomic E-state index is 11.7. The number of unbranched alkanes of at least 4 members (excludes halogenated alkanes) is 1. The average molecular weight is 470 g/mol. The van der Waals surface area contributed by atoms with E-state index in [-0.39, 0.29) is 11.5 Å². The minimum absolute atomic E-state index is 0.210. The maximum Gasteiger partial charge on any atom is 0.337 e. The number of rotatable bonds is 10. The van der Waals surface area contributed by atoms with Gasteiger partial charge in [0, 0.05) is 13.0 Å². The molecule has 1 aromatic heterocycles. The molecule has 0 aliphatic heterocycles. The van der Waals surface area contributed by atoms with Gasteiger partial charge in [0.15, 0.2) is 5.15 Å². The molecule has 7 nitrogen and oxygen atoms in total. The van der Waals surface area contributed by atoms with Gasteiger partial charge in [0.05, 0.1) is 36.2 Å². The van der Waals surface area contributed by atoms with Crippen molar-refractivity contribution in [3.05, 3.63) is 81.4 Å². The monoisotopic (exact) mass is 469 g/mol. The summed E-state index contributed by atoms with van der Waals surface area (Å²) in [6.45, 7) is 4.83. The number of halogens is 1. The molecule has 3 aromatic rings. The van der Waals surface area contributed by atoms with Crippen LogP contribution >= 0.6 is 11.6 Å². The number of ether oxygens (including phenoxy) is 1. The fourth-order valence-electron chi connectivity index (χ4n) is 3.69. The third kappa shape index (κ3) is 5.73. The molecule has 3 rings (SSSR count). The van der Waals surface area contributed by atoms with Gasteiger partial charge < -0.3 is 19.7 Å². The highest BCUT2D eigenvalue weighted by Crippen LogP contribution is 2.25. The van der Waals surface area contributed by atoms with Gasteiger partial charge in [-0.1, -0.05) is 49.2 Å². The van der Waals surface area contributed by atoms with E-state index in [9.17, 15) is 14.7 Å². The van der Waals surface area contributed by atoms with Crippen molar-refractivity contribution in [2.75, 3.05) is 12.4 Å². The number of esters is 1. The molecule has 174 valence electrons. The van der Waals surface area contributed by atoms with Gasteiger partial charge in [0.2, 0.25) is 0 Å². The molecule has 2 aromatic carbocycles. The Morgan fingerprint density at radius 3 is 2.55 bits per heavy atom. The van der Waals surface area contributed by atoms with Crippen LogP contribution < -0.4 is 5.32 Å². The van der Waals surface area contributed by atoms with Crippen LogP contribution in [-0.2, 0) is 24.2 Å². The summed E-state index contributed by atoms with van der Waals surface area (Å²) in [6.07, 6.45) is 2.78. The van der Waals surface area contributed by atoms with Crippen LogP contribution in [0.5, 0.6) is 0 Å². The zero-order chi connectivity index (χ0) is 24.0.